The molecule has 0 spiro atoms. The Hall–Kier alpha value is -0.730. The van der Waals surface area contributed by atoms with Gasteiger partial charge in [0.1, 0.15) is 0 Å². The highest BCUT2D eigenvalue weighted by atomic mass is 19.4. The van der Waals surface area contributed by atoms with E-state index in [0.717, 1.165) is 6.08 Å². The molecule has 0 N–H and O–H groups in total. The standard InChI is InChI=1S/C8H6F3/c1-6-3-2-4-7(5-6)8(9,10)11/h2,5,7H,1H3. The molecule has 1 rings (SSSR count). The second-order valence-corrected chi connectivity index (χ2v) is 2.32. The molecule has 0 aromatic rings. The topological polar surface area (TPSA) is 0 Å². The van der Waals surface area contributed by atoms with Gasteiger partial charge in [0, 0.05) is 6.42 Å². The number of hydrogen-bond donors (Lipinski definition) is 0. The van der Waals surface area contributed by atoms with E-state index in [2.05, 4.69) is 12.5 Å². The first-order chi connectivity index (χ1) is 5.00. The fraction of sp³-hybridized carbons (Fsp3) is 0.375. The lowest BCUT2D eigenvalue weighted by Crippen LogP contribution is -2.22. The lowest BCUT2D eigenvalue weighted by molar-refractivity contribution is -0.152. The summed E-state index contributed by atoms with van der Waals surface area (Å²) in [5.74, 6) is -1.55. The Morgan fingerprint density at radius 2 is 2.09 bits per heavy atom. The van der Waals surface area contributed by atoms with Gasteiger partial charge in [-0.25, -0.2) is 0 Å². The molecule has 0 heterocycles. The van der Waals surface area contributed by atoms with Crippen LogP contribution in [0.2, 0.25) is 0 Å². The molecular weight excluding hydrogens is 153 g/mol. The number of allylic oxidation sites excluding steroid dienone is 4. The van der Waals surface area contributed by atoms with Crippen molar-refractivity contribution in [1.29, 1.82) is 0 Å². The van der Waals surface area contributed by atoms with E-state index in [1.807, 2.05) is 0 Å². The molecule has 3 radical (unpaired) electrons. The summed E-state index contributed by atoms with van der Waals surface area (Å²) in [6.07, 6.45) is 2.84. The third-order valence-corrected chi connectivity index (χ3v) is 1.33. The van der Waals surface area contributed by atoms with Crippen LogP contribution in [0.1, 0.15) is 6.92 Å². The molecule has 11 heavy (non-hydrogen) atoms. The highest BCUT2D eigenvalue weighted by Crippen LogP contribution is 2.32. The van der Waals surface area contributed by atoms with Crippen molar-refractivity contribution in [2.45, 2.75) is 13.1 Å². The lowest BCUT2D eigenvalue weighted by Gasteiger charge is -2.17. The average Bonchev–Trinajstić information content (AvgIpc) is 1.86. The van der Waals surface area contributed by atoms with Crippen LogP contribution in [-0.4, -0.2) is 6.18 Å². The molecule has 0 saturated heterocycles. The molecule has 1 unspecified atom stereocenters. The SMILES string of the molecule is CC1=CC(C(F)(F)F)[C]C=[C]1. The van der Waals surface area contributed by atoms with Gasteiger partial charge in [0.25, 0.3) is 0 Å². The second-order valence-electron chi connectivity index (χ2n) is 2.32. The van der Waals surface area contributed by atoms with Gasteiger partial charge in [-0.05, 0) is 18.6 Å². The van der Waals surface area contributed by atoms with Crippen molar-refractivity contribution in [1.82, 2.24) is 0 Å². The summed E-state index contributed by atoms with van der Waals surface area (Å²) in [7, 11) is 0. The molecule has 1 aliphatic carbocycles. The average molecular weight is 159 g/mol. The third kappa shape index (κ3) is 2.10. The zero-order valence-corrected chi connectivity index (χ0v) is 5.87. The molecule has 0 amide bonds. The van der Waals surface area contributed by atoms with Gasteiger partial charge in [-0.1, -0.05) is 12.2 Å². The van der Waals surface area contributed by atoms with Crippen LogP contribution < -0.4 is 0 Å². The van der Waals surface area contributed by atoms with Crippen LogP contribution in [0.5, 0.6) is 0 Å². The quantitative estimate of drug-likeness (QED) is 0.509. The lowest BCUT2D eigenvalue weighted by atomic mass is 9.97. The Kier molecular flexibility index (Phi) is 2.07. The van der Waals surface area contributed by atoms with Gasteiger partial charge >= 0.3 is 6.18 Å². The van der Waals surface area contributed by atoms with Crippen LogP contribution >= 0.6 is 0 Å². The highest BCUT2D eigenvalue weighted by molar-refractivity contribution is 5.23. The van der Waals surface area contributed by atoms with Crippen LogP contribution in [-0.2, 0) is 0 Å². The monoisotopic (exact) mass is 159 g/mol. The largest absolute Gasteiger partial charge is 0.396 e. The number of hydrogen-bond acceptors (Lipinski definition) is 0. The summed E-state index contributed by atoms with van der Waals surface area (Å²) in [5, 5.41) is 0. The molecule has 1 atom stereocenters. The summed E-state index contributed by atoms with van der Waals surface area (Å²) in [6.45, 7) is 1.58. The molecule has 0 aromatic heterocycles. The second kappa shape index (κ2) is 2.72. The fourth-order valence-electron chi connectivity index (χ4n) is 0.780. The van der Waals surface area contributed by atoms with Crippen LogP contribution in [0.3, 0.4) is 0 Å². The Morgan fingerprint density at radius 1 is 1.45 bits per heavy atom. The summed E-state index contributed by atoms with van der Waals surface area (Å²) < 4.78 is 35.9. The maximum Gasteiger partial charge on any atom is 0.396 e. The number of rotatable bonds is 0. The van der Waals surface area contributed by atoms with Crippen molar-refractivity contribution in [3.63, 3.8) is 0 Å². The molecule has 0 aromatic carbocycles. The van der Waals surface area contributed by atoms with E-state index in [-0.39, 0.29) is 0 Å². The minimum absolute atomic E-state index is 0.506. The molecule has 0 saturated carbocycles. The Balaban J connectivity index is 2.71. The first-order valence-corrected chi connectivity index (χ1v) is 3.09. The van der Waals surface area contributed by atoms with Crippen molar-refractivity contribution in [2.24, 2.45) is 5.92 Å². The van der Waals surface area contributed by atoms with E-state index < -0.39 is 12.1 Å². The van der Waals surface area contributed by atoms with Gasteiger partial charge in [-0.2, -0.15) is 13.2 Å². The molecule has 0 aliphatic heterocycles. The smallest absolute Gasteiger partial charge is 0.170 e. The van der Waals surface area contributed by atoms with Gasteiger partial charge < -0.3 is 0 Å². The van der Waals surface area contributed by atoms with Crippen LogP contribution in [0, 0.1) is 18.4 Å². The molecular formula is C8H6F3. The summed E-state index contributed by atoms with van der Waals surface area (Å²) in [6, 6.07) is 0. The normalized spacial score (nSPS) is 25.1. The summed E-state index contributed by atoms with van der Waals surface area (Å²) >= 11 is 0. The van der Waals surface area contributed by atoms with E-state index in [9.17, 15) is 13.2 Å². The van der Waals surface area contributed by atoms with Gasteiger partial charge in [0.15, 0.2) is 0 Å². The van der Waals surface area contributed by atoms with Crippen LogP contribution in [0.4, 0.5) is 13.2 Å². The summed E-state index contributed by atoms with van der Waals surface area (Å²) in [4.78, 5) is 0. The van der Waals surface area contributed by atoms with Crippen molar-refractivity contribution >= 4 is 0 Å². The van der Waals surface area contributed by atoms with E-state index in [4.69, 9.17) is 0 Å². The van der Waals surface area contributed by atoms with E-state index in [0.29, 0.717) is 5.57 Å². The predicted molar refractivity (Wildman–Crippen MR) is 34.4 cm³/mol. The molecule has 59 valence electrons. The van der Waals surface area contributed by atoms with Gasteiger partial charge in [-0.15, -0.1) is 0 Å². The molecule has 3 heteroatoms. The van der Waals surface area contributed by atoms with Crippen molar-refractivity contribution in [3.8, 4) is 0 Å². The number of halogens is 3. The maximum atomic E-state index is 12.0. The molecule has 0 fully saturated rings. The Bertz CT molecular complexity index is 198. The first kappa shape index (κ1) is 8.37. The van der Waals surface area contributed by atoms with E-state index in [1.54, 1.807) is 6.92 Å². The molecule has 0 bridgehead atoms. The molecule has 0 nitrogen and oxygen atoms in total. The minimum atomic E-state index is -4.21. The van der Waals surface area contributed by atoms with Crippen LogP contribution in [0.25, 0.3) is 0 Å². The van der Waals surface area contributed by atoms with Gasteiger partial charge in [0.2, 0.25) is 0 Å². The zero-order valence-electron chi connectivity index (χ0n) is 5.87. The van der Waals surface area contributed by atoms with E-state index in [1.165, 1.54) is 6.08 Å². The number of alkyl halides is 3. The van der Waals surface area contributed by atoms with E-state index >= 15 is 0 Å². The molecule has 1 aliphatic rings. The van der Waals surface area contributed by atoms with Crippen molar-refractivity contribution in [3.05, 3.63) is 30.2 Å². The Labute approximate surface area is 63.4 Å². The Morgan fingerprint density at radius 3 is 2.45 bits per heavy atom. The maximum absolute atomic E-state index is 12.0. The first-order valence-electron chi connectivity index (χ1n) is 3.09. The van der Waals surface area contributed by atoms with Crippen LogP contribution in [0.15, 0.2) is 17.7 Å². The van der Waals surface area contributed by atoms with Gasteiger partial charge in [0.05, 0.1) is 5.92 Å². The fourth-order valence-corrected chi connectivity index (χ4v) is 0.780. The predicted octanol–water partition coefficient (Wildman–Crippen LogP) is 2.57. The summed E-state index contributed by atoms with van der Waals surface area (Å²) in [5.41, 5.74) is 0.506. The van der Waals surface area contributed by atoms with Crippen molar-refractivity contribution in [2.75, 3.05) is 0 Å². The van der Waals surface area contributed by atoms with Gasteiger partial charge in [-0.3, -0.25) is 0 Å². The third-order valence-electron chi connectivity index (χ3n) is 1.33. The van der Waals surface area contributed by atoms with Crippen molar-refractivity contribution < 1.29 is 13.2 Å². The minimum Gasteiger partial charge on any atom is -0.170 e. The highest BCUT2D eigenvalue weighted by Gasteiger charge is 2.38. The zero-order chi connectivity index (χ0) is 8.48.